The summed E-state index contributed by atoms with van der Waals surface area (Å²) in [7, 11) is 0. The normalized spacial score (nSPS) is 17.1. The Morgan fingerprint density at radius 2 is 2.16 bits per heavy atom. The number of rotatable bonds is 6. The maximum atomic E-state index is 12.7. The zero-order valence-corrected chi connectivity index (χ0v) is 13.6. The Kier molecular flexibility index (Phi) is 6.07. The van der Waals surface area contributed by atoms with E-state index in [-0.39, 0.29) is 24.0 Å². The number of benzene rings is 1. The fourth-order valence-electron chi connectivity index (χ4n) is 2.69. The molecule has 0 aromatic heterocycles. The Balaban J connectivity index is 2.00. The molecule has 1 unspecified atom stereocenters. The third-order valence-electron chi connectivity index (χ3n) is 4.05. The lowest BCUT2D eigenvalue weighted by molar-refractivity contribution is -0.116. The second-order valence-electron chi connectivity index (χ2n) is 5.85. The molecule has 25 heavy (non-hydrogen) atoms. The molecule has 2 rings (SSSR count). The van der Waals surface area contributed by atoms with Gasteiger partial charge in [0.2, 0.25) is 5.91 Å². The number of carbonyl (C=O) groups excluding carboxylic acids is 1. The third-order valence-corrected chi connectivity index (χ3v) is 4.05. The zero-order valence-electron chi connectivity index (χ0n) is 13.6. The minimum atomic E-state index is -4.35. The molecule has 1 aliphatic carbocycles. The molecule has 0 saturated carbocycles. The van der Waals surface area contributed by atoms with Crippen molar-refractivity contribution in [2.75, 3.05) is 6.54 Å². The second kappa shape index (κ2) is 8.05. The largest absolute Gasteiger partial charge is 0.508 e. The van der Waals surface area contributed by atoms with Crippen molar-refractivity contribution in [1.82, 2.24) is 5.32 Å². The summed E-state index contributed by atoms with van der Waals surface area (Å²) in [5.74, 6) is -0.445. The molecule has 134 valence electrons. The van der Waals surface area contributed by atoms with Gasteiger partial charge in [0.05, 0.1) is 5.57 Å². The summed E-state index contributed by atoms with van der Waals surface area (Å²) in [4.78, 5) is 11.1. The van der Waals surface area contributed by atoms with Gasteiger partial charge in [0.15, 0.2) is 0 Å². The molecular weight excluding hydrogens is 331 g/mol. The SMILES string of the molecule is C=CC(=O)NCCCc1ccc(O)c(C2C=CC(C(F)(F)F)=CC2)c1. The van der Waals surface area contributed by atoms with Crippen LogP contribution in [-0.2, 0) is 11.2 Å². The van der Waals surface area contributed by atoms with E-state index in [1.54, 1.807) is 12.1 Å². The van der Waals surface area contributed by atoms with Gasteiger partial charge in [-0.3, -0.25) is 4.79 Å². The number of hydrogen-bond donors (Lipinski definition) is 2. The van der Waals surface area contributed by atoms with Crippen LogP contribution in [0.3, 0.4) is 0 Å². The van der Waals surface area contributed by atoms with Gasteiger partial charge >= 0.3 is 6.18 Å². The Labute approximate surface area is 144 Å². The van der Waals surface area contributed by atoms with Crippen LogP contribution < -0.4 is 5.32 Å². The number of hydrogen-bond acceptors (Lipinski definition) is 2. The van der Waals surface area contributed by atoms with Crippen LogP contribution in [0.2, 0.25) is 0 Å². The fourth-order valence-corrected chi connectivity index (χ4v) is 2.69. The van der Waals surface area contributed by atoms with Crippen LogP contribution >= 0.6 is 0 Å². The fraction of sp³-hybridized carbons (Fsp3) is 0.316. The van der Waals surface area contributed by atoms with Gasteiger partial charge in [-0.1, -0.05) is 36.9 Å². The van der Waals surface area contributed by atoms with Crippen molar-refractivity contribution in [2.45, 2.75) is 31.4 Å². The van der Waals surface area contributed by atoms with E-state index in [0.717, 1.165) is 17.7 Å². The molecule has 0 bridgehead atoms. The Morgan fingerprint density at radius 3 is 2.76 bits per heavy atom. The molecule has 0 fully saturated rings. The summed E-state index contributed by atoms with van der Waals surface area (Å²) in [6.07, 6.45) is 2.14. The van der Waals surface area contributed by atoms with Crippen LogP contribution in [0.15, 0.2) is 54.7 Å². The van der Waals surface area contributed by atoms with Gasteiger partial charge in [-0.25, -0.2) is 0 Å². The second-order valence-corrected chi connectivity index (χ2v) is 5.85. The van der Waals surface area contributed by atoms with Crippen LogP contribution in [0, 0.1) is 0 Å². The molecule has 1 amide bonds. The monoisotopic (exact) mass is 351 g/mol. The number of halogens is 3. The van der Waals surface area contributed by atoms with Crippen LogP contribution in [0.1, 0.15) is 29.9 Å². The number of phenolic OH excluding ortho intramolecular Hbond substituents is 1. The van der Waals surface area contributed by atoms with E-state index in [1.165, 1.54) is 12.2 Å². The molecule has 0 radical (unpaired) electrons. The van der Waals surface area contributed by atoms with Gasteiger partial charge < -0.3 is 10.4 Å². The van der Waals surface area contributed by atoms with Gasteiger partial charge in [-0.05, 0) is 37.0 Å². The van der Waals surface area contributed by atoms with E-state index in [0.29, 0.717) is 24.9 Å². The van der Waals surface area contributed by atoms with Crippen molar-refractivity contribution < 1.29 is 23.1 Å². The Hall–Kier alpha value is -2.50. The highest BCUT2D eigenvalue weighted by molar-refractivity contribution is 5.86. The van der Waals surface area contributed by atoms with E-state index in [4.69, 9.17) is 0 Å². The van der Waals surface area contributed by atoms with Gasteiger partial charge in [0.1, 0.15) is 5.75 Å². The first-order valence-corrected chi connectivity index (χ1v) is 7.99. The van der Waals surface area contributed by atoms with Crippen molar-refractivity contribution in [1.29, 1.82) is 0 Å². The highest BCUT2D eigenvalue weighted by atomic mass is 19.4. The van der Waals surface area contributed by atoms with E-state index in [1.807, 2.05) is 6.07 Å². The van der Waals surface area contributed by atoms with Crippen molar-refractivity contribution in [3.63, 3.8) is 0 Å². The average Bonchev–Trinajstić information content (AvgIpc) is 2.59. The van der Waals surface area contributed by atoms with E-state index in [2.05, 4.69) is 11.9 Å². The molecule has 2 N–H and O–H groups in total. The molecule has 1 aliphatic rings. The molecule has 1 atom stereocenters. The summed E-state index contributed by atoms with van der Waals surface area (Å²) in [6.45, 7) is 3.87. The highest BCUT2D eigenvalue weighted by Crippen LogP contribution is 2.37. The summed E-state index contributed by atoms with van der Waals surface area (Å²) < 4.78 is 38.0. The number of nitrogens with one attached hydrogen (secondary N) is 1. The first-order chi connectivity index (χ1) is 11.8. The van der Waals surface area contributed by atoms with Crippen molar-refractivity contribution in [3.05, 3.63) is 65.8 Å². The Morgan fingerprint density at radius 1 is 1.40 bits per heavy atom. The molecule has 6 heteroatoms. The van der Waals surface area contributed by atoms with E-state index in [9.17, 15) is 23.1 Å². The number of aryl methyl sites for hydroxylation is 1. The van der Waals surface area contributed by atoms with Gasteiger partial charge in [-0.2, -0.15) is 13.2 Å². The van der Waals surface area contributed by atoms with Crippen molar-refractivity contribution in [2.24, 2.45) is 0 Å². The summed E-state index contributed by atoms with van der Waals surface area (Å²) in [6, 6.07) is 5.15. The molecule has 0 saturated heterocycles. The molecule has 1 aromatic carbocycles. The smallest absolute Gasteiger partial charge is 0.416 e. The lowest BCUT2D eigenvalue weighted by atomic mass is 9.88. The number of carbonyl (C=O) groups is 1. The molecule has 0 aliphatic heterocycles. The predicted octanol–water partition coefficient (Wildman–Crippen LogP) is 4.16. The molecule has 0 spiro atoms. The first kappa shape index (κ1) is 18.8. The number of amides is 1. The molecular formula is C19H20F3NO2. The zero-order chi connectivity index (χ0) is 18.4. The highest BCUT2D eigenvalue weighted by Gasteiger charge is 2.33. The number of aromatic hydroxyl groups is 1. The first-order valence-electron chi connectivity index (χ1n) is 7.99. The van der Waals surface area contributed by atoms with Crippen molar-refractivity contribution in [3.8, 4) is 5.75 Å². The third kappa shape index (κ3) is 5.24. The minimum Gasteiger partial charge on any atom is -0.508 e. The maximum Gasteiger partial charge on any atom is 0.416 e. The van der Waals surface area contributed by atoms with Gasteiger partial charge in [0, 0.05) is 18.0 Å². The molecule has 1 aromatic rings. The van der Waals surface area contributed by atoms with Gasteiger partial charge in [-0.15, -0.1) is 0 Å². The quantitative estimate of drug-likeness (QED) is 0.597. The maximum absolute atomic E-state index is 12.7. The number of allylic oxidation sites excluding steroid dienone is 4. The van der Waals surface area contributed by atoms with Crippen molar-refractivity contribution >= 4 is 5.91 Å². The lowest BCUT2D eigenvalue weighted by Crippen LogP contribution is -2.22. The lowest BCUT2D eigenvalue weighted by Gasteiger charge is -2.19. The average molecular weight is 351 g/mol. The van der Waals surface area contributed by atoms with Crippen LogP contribution in [0.25, 0.3) is 0 Å². The topological polar surface area (TPSA) is 49.3 Å². The summed E-state index contributed by atoms with van der Waals surface area (Å²) in [5, 5.41) is 12.7. The van der Waals surface area contributed by atoms with E-state index < -0.39 is 11.7 Å². The number of alkyl halides is 3. The predicted molar refractivity (Wildman–Crippen MR) is 90.3 cm³/mol. The van der Waals surface area contributed by atoms with Crippen LogP contribution in [0.5, 0.6) is 5.75 Å². The number of phenols is 1. The van der Waals surface area contributed by atoms with Crippen LogP contribution in [-0.4, -0.2) is 23.7 Å². The van der Waals surface area contributed by atoms with E-state index >= 15 is 0 Å². The minimum absolute atomic E-state index is 0.0715. The molecule has 0 heterocycles. The molecule has 3 nitrogen and oxygen atoms in total. The summed E-state index contributed by atoms with van der Waals surface area (Å²) >= 11 is 0. The summed E-state index contributed by atoms with van der Waals surface area (Å²) in [5.41, 5.74) is 0.915. The van der Waals surface area contributed by atoms with Crippen LogP contribution in [0.4, 0.5) is 13.2 Å². The standard InChI is InChI=1S/C19H20F3NO2/c1-2-18(25)23-11-3-4-13-5-10-17(24)16(12-13)14-6-8-15(9-7-14)19(20,21)22/h2,5-6,8-10,12,14,24H,1,3-4,7,11H2,(H,23,25). The Bertz CT molecular complexity index is 705. The van der Waals surface area contributed by atoms with Gasteiger partial charge in [0.25, 0.3) is 0 Å².